The van der Waals surface area contributed by atoms with Crippen molar-refractivity contribution < 1.29 is 42.1 Å². The summed E-state index contributed by atoms with van der Waals surface area (Å²) < 4.78 is 34.4. The Balaban J connectivity index is 3.91. The van der Waals surface area contributed by atoms with Crippen LogP contribution >= 0.6 is 7.82 Å². The smallest absolute Gasteiger partial charge is 0.306 e. The molecule has 0 amide bonds. The lowest BCUT2D eigenvalue weighted by molar-refractivity contribution is -0.870. The number of unbranched alkanes of at least 4 members (excludes halogenated alkanes) is 60. The van der Waals surface area contributed by atoms with E-state index in [1.165, 1.54) is 360 Å². The predicted octanol–water partition coefficient (Wildman–Crippen LogP) is 24.7. The molecule has 0 radical (unpaired) electrons. The van der Waals surface area contributed by atoms with Crippen LogP contribution in [-0.2, 0) is 32.7 Å². The van der Waals surface area contributed by atoms with Gasteiger partial charge in [-0.25, -0.2) is 0 Å². The number of hydrogen-bond acceptors (Lipinski definition) is 8. The molecule has 0 aromatic heterocycles. The van der Waals surface area contributed by atoms with Gasteiger partial charge in [-0.15, -0.1) is 0 Å². The van der Waals surface area contributed by atoms with E-state index in [1.54, 1.807) is 0 Å². The number of hydrogen-bond donors (Lipinski definition) is 0. The van der Waals surface area contributed by atoms with Crippen molar-refractivity contribution in [1.29, 1.82) is 0 Å². The summed E-state index contributed by atoms with van der Waals surface area (Å²) in [5.74, 6) is -0.801. The van der Waals surface area contributed by atoms with Gasteiger partial charge >= 0.3 is 11.9 Å². The Morgan fingerprint density at radius 2 is 0.523 bits per heavy atom. The molecule has 10 heteroatoms. The van der Waals surface area contributed by atoms with E-state index in [2.05, 4.69) is 13.8 Å². The normalized spacial score (nSPS) is 13.0. The third kappa shape index (κ3) is 72.1. The molecule has 0 aromatic carbocycles. The number of phosphoric acid groups is 1. The standard InChI is InChI=1S/C76H152NO8P/c1-6-8-10-12-14-16-18-20-22-24-26-28-30-32-34-36-38-40-42-44-46-48-50-52-54-56-58-60-62-64-66-68-75(78)82-72-74(73-84-86(80,81)83-71-70-77(3,4)5)85-76(79)69-67-65-63-61-59-57-55-53-51-49-47-45-43-41-39-37-35-33-31-29-27-25-23-21-19-17-15-13-11-9-7-2/h74H,6-73H2,1-5H3. The Hall–Kier alpha value is -0.990. The van der Waals surface area contributed by atoms with Crippen molar-refractivity contribution in [3.63, 3.8) is 0 Å². The van der Waals surface area contributed by atoms with Crippen LogP contribution in [-0.4, -0.2) is 70.0 Å². The van der Waals surface area contributed by atoms with Gasteiger partial charge in [-0.2, -0.15) is 0 Å². The molecule has 0 N–H and O–H groups in total. The van der Waals surface area contributed by atoms with Crippen LogP contribution < -0.4 is 4.89 Å². The number of phosphoric ester groups is 1. The molecule has 0 saturated carbocycles. The minimum absolute atomic E-state index is 0.0247. The van der Waals surface area contributed by atoms with E-state index in [0.29, 0.717) is 17.4 Å². The lowest BCUT2D eigenvalue weighted by Gasteiger charge is -2.28. The van der Waals surface area contributed by atoms with Crippen LogP contribution in [0.5, 0.6) is 0 Å². The molecule has 0 aliphatic carbocycles. The average molecular weight is 1240 g/mol. The molecule has 0 spiro atoms. The summed E-state index contributed by atoms with van der Waals surface area (Å²) in [6.45, 7) is 4.35. The van der Waals surface area contributed by atoms with Crippen LogP contribution in [0.1, 0.15) is 425 Å². The maximum absolute atomic E-state index is 12.9. The van der Waals surface area contributed by atoms with Gasteiger partial charge in [0, 0.05) is 12.8 Å². The number of ether oxygens (including phenoxy) is 2. The van der Waals surface area contributed by atoms with Gasteiger partial charge in [-0.3, -0.25) is 14.2 Å². The molecule has 0 aliphatic rings. The SMILES string of the molecule is CCCCCCCCCCCCCCCCCCCCCCCCCCCCCCCCCC(=O)OCC(COP(=O)([O-])OCC[N+](C)(C)C)OC(=O)CCCCCCCCCCCCCCCCCCCCCCCCCCCCCCCCC. The molecule has 0 aliphatic heterocycles. The number of carbonyl (C=O) groups is 2. The molecule has 0 fully saturated rings. The van der Waals surface area contributed by atoms with Gasteiger partial charge in [0.25, 0.3) is 7.82 Å². The van der Waals surface area contributed by atoms with E-state index in [9.17, 15) is 19.0 Å². The second kappa shape index (κ2) is 68.4. The van der Waals surface area contributed by atoms with Crippen molar-refractivity contribution >= 4 is 19.8 Å². The molecule has 86 heavy (non-hydrogen) atoms. The predicted molar refractivity (Wildman–Crippen MR) is 370 cm³/mol. The number of quaternary nitrogens is 1. The van der Waals surface area contributed by atoms with Crippen LogP contribution in [0.2, 0.25) is 0 Å². The second-order valence-corrected chi connectivity index (χ2v) is 29.5. The van der Waals surface area contributed by atoms with Gasteiger partial charge in [0.05, 0.1) is 27.7 Å². The van der Waals surface area contributed by atoms with Crippen molar-refractivity contribution in [2.45, 2.75) is 431 Å². The molecule has 0 bridgehead atoms. The maximum atomic E-state index is 12.9. The minimum atomic E-state index is -4.64. The summed E-state index contributed by atoms with van der Waals surface area (Å²) in [5.41, 5.74) is 0. The van der Waals surface area contributed by atoms with Crippen molar-refractivity contribution in [3.8, 4) is 0 Å². The fourth-order valence-electron chi connectivity index (χ4n) is 12.2. The zero-order chi connectivity index (χ0) is 62.6. The van der Waals surface area contributed by atoms with Crippen LogP contribution in [0.4, 0.5) is 0 Å². The van der Waals surface area contributed by atoms with Crippen LogP contribution in [0.25, 0.3) is 0 Å². The third-order valence-corrected chi connectivity index (χ3v) is 19.1. The highest BCUT2D eigenvalue weighted by atomic mass is 31.2. The fraction of sp³-hybridized carbons (Fsp3) is 0.974. The van der Waals surface area contributed by atoms with Gasteiger partial charge in [-0.1, -0.05) is 399 Å². The fourth-order valence-corrected chi connectivity index (χ4v) is 12.9. The summed E-state index contributed by atoms with van der Waals surface area (Å²) >= 11 is 0. The Morgan fingerprint density at radius 3 is 0.744 bits per heavy atom. The van der Waals surface area contributed by atoms with Gasteiger partial charge in [0.1, 0.15) is 19.8 Å². The van der Waals surface area contributed by atoms with Crippen LogP contribution in [0.3, 0.4) is 0 Å². The molecule has 9 nitrogen and oxygen atoms in total. The first-order chi connectivity index (χ1) is 42.0. The topological polar surface area (TPSA) is 111 Å². The molecule has 514 valence electrons. The summed E-state index contributed by atoms with van der Waals surface area (Å²) in [6, 6.07) is 0. The molecule has 2 atom stereocenters. The first-order valence-electron chi connectivity index (χ1n) is 38.7. The van der Waals surface area contributed by atoms with Gasteiger partial charge in [0.2, 0.25) is 0 Å². The van der Waals surface area contributed by atoms with Crippen LogP contribution in [0.15, 0.2) is 0 Å². The Kier molecular flexibility index (Phi) is 67.6. The van der Waals surface area contributed by atoms with Crippen molar-refractivity contribution in [2.75, 3.05) is 47.5 Å². The molecule has 0 heterocycles. The highest BCUT2D eigenvalue weighted by molar-refractivity contribution is 7.45. The second-order valence-electron chi connectivity index (χ2n) is 28.1. The van der Waals surface area contributed by atoms with Crippen molar-refractivity contribution in [2.24, 2.45) is 0 Å². The van der Waals surface area contributed by atoms with Gasteiger partial charge < -0.3 is 27.9 Å². The van der Waals surface area contributed by atoms with E-state index in [-0.39, 0.29) is 32.0 Å². The number of carbonyl (C=O) groups excluding carboxylic acids is 2. The summed E-state index contributed by atoms with van der Waals surface area (Å²) in [6.07, 6.45) is 83.7. The largest absolute Gasteiger partial charge is 0.756 e. The van der Waals surface area contributed by atoms with E-state index in [4.69, 9.17) is 18.5 Å². The van der Waals surface area contributed by atoms with E-state index in [1.807, 2.05) is 21.1 Å². The zero-order valence-electron chi connectivity index (χ0n) is 58.8. The molecule has 0 rings (SSSR count). The summed E-state index contributed by atoms with van der Waals surface area (Å²) in [4.78, 5) is 38.1. The molecule has 0 aromatic rings. The number of nitrogens with zero attached hydrogens (tertiary/aromatic N) is 1. The average Bonchev–Trinajstić information content (AvgIpc) is 3.64. The number of rotatable bonds is 74. The first-order valence-corrected chi connectivity index (χ1v) is 40.2. The maximum Gasteiger partial charge on any atom is 0.306 e. The third-order valence-electron chi connectivity index (χ3n) is 18.1. The quantitative estimate of drug-likeness (QED) is 0.0256. The van der Waals surface area contributed by atoms with Crippen molar-refractivity contribution in [3.05, 3.63) is 0 Å². The number of esters is 2. The van der Waals surface area contributed by atoms with Crippen molar-refractivity contribution in [1.82, 2.24) is 0 Å². The highest BCUT2D eigenvalue weighted by Crippen LogP contribution is 2.38. The minimum Gasteiger partial charge on any atom is -0.756 e. The molecular formula is C76H152NO8P. The van der Waals surface area contributed by atoms with E-state index < -0.39 is 26.5 Å². The van der Waals surface area contributed by atoms with Gasteiger partial charge in [0.15, 0.2) is 6.10 Å². The highest BCUT2D eigenvalue weighted by Gasteiger charge is 2.22. The Morgan fingerprint density at radius 1 is 0.314 bits per heavy atom. The monoisotopic (exact) mass is 1240 g/mol. The summed E-state index contributed by atoms with van der Waals surface area (Å²) in [5, 5.41) is 0. The first kappa shape index (κ1) is 85.0. The van der Waals surface area contributed by atoms with Crippen LogP contribution in [0, 0.1) is 0 Å². The lowest BCUT2D eigenvalue weighted by atomic mass is 10.0. The van der Waals surface area contributed by atoms with Gasteiger partial charge in [-0.05, 0) is 12.8 Å². The van der Waals surface area contributed by atoms with E-state index in [0.717, 1.165) is 32.1 Å². The molecular weight excluding hydrogens is 1090 g/mol. The lowest BCUT2D eigenvalue weighted by Crippen LogP contribution is -2.37. The van der Waals surface area contributed by atoms with E-state index >= 15 is 0 Å². The number of likely N-dealkylation sites (N-methyl/N-ethyl adjacent to an activating group) is 1. The summed E-state index contributed by atoms with van der Waals surface area (Å²) in [7, 11) is 1.20. The Bertz CT molecular complexity index is 1410. The zero-order valence-corrected chi connectivity index (χ0v) is 59.7. The Labute approximate surface area is 537 Å². The molecule has 2 unspecified atom stereocenters. The molecule has 0 saturated heterocycles.